The van der Waals surface area contributed by atoms with Gasteiger partial charge in [0.05, 0.1) is 13.2 Å². The van der Waals surface area contributed by atoms with E-state index in [1.54, 1.807) is 6.07 Å². The van der Waals surface area contributed by atoms with Crippen LogP contribution in [0.15, 0.2) is 24.5 Å². The summed E-state index contributed by atoms with van der Waals surface area (Å²) in [6, 6.07) is 3.92. The van der Waals surface area contributed by atoms with Crippen LogP contribution >= 0.6 is 0 Å². The summed E-state index contributed by atoms with van der Waals surface area (Å²) in [6.07, 6.45) is 3.79. The Bertz CT molecular complexity index is 648. The van der Waals surface area contributed by atoms with Crippen molar-refractivity contribution in [3.05, 3.63) is 41.7 Å². The van der Waals surface area contributed by atoms with Crippen LogP contribution < -0.4 is 5.32 Å². The van der Waals surface area contributed by atoms with Crippen LogP contribution in [0.1, 0.15) is 28.0 Å². The first-order chi connectivity index (χ1) is 10.7. The summed E-state index contributed by atoms with van der Waals surface area (Å²) in [6.45, 7) is 3.50. The van der Waals surface area contributed by atoms with E-state index in [1.165, 1.54) is 7.11 Å². The molecule has 1 aliphatic rings. The van der Waals surface area contributed by atoms with Gasteiger partial charge in [-0.2, -0.15) is 0 Å². The molecule has 1 atom stereocenters. The van der Waals surface area contributed by atoms with Crippen LogP contribution in [0.25, 0.3) is 0 Å². The van der Waals surface area contributed by atoms with E-state index in [0.717, 1.165) is 37.7 Å². The summed E-state index contributed by atoms with van der Waals surface area (Å²) in [5, 5.41) is 3.42. The number of nitrogens with zero attached hydrogens (tertiary/aromatic N) is 3. The number of aryl methyl sites for hydroxylation is 1. The molecule has 2 aromatic rings. The van der Waals surface area contributed by atoms with Crippen LogP contribution in [0.4, 0.5) is 0 Å². The van der Waals surface area contributed by atoms with E-state index < -0.39 is 0 Å². The second kappa shape index (κ2) is 6.33. The molecule has 0 radical (unpaired) electrons. The first-order valence-electron chi connectivity index (χ1n) is 7.37. The Hall–Kier alpha value is -2.12. The number of piperazine rings is 1. The average Bonchev–Trinajstić information content (AvgIpc) is 3.16. The highest BCUT2D eigenvalue weighted by atomic mass is 16.5. The predicted octanol–water partition coefficient (Wildman–Crippen LogP) is 0.681. The number of rotatable bonds is 4. The van der Waals surface area contributed by atoms with Gasteiger partial charge in [0.1, 0.15) is 11.5 Å². The van der Waals surface area contributed by atoms with Crippen molar-refractivity contribution in [1.29, 1.82) is 0 Å². The third-order valence-electron chi connectivity index (χ3n) is 4.04. The zero-order valence-electron chi connectivity index (χ0n) is 12.9. The highest BCUT2D eigenvalue weighted by Gasteiger charge is 2.27. The van der Waals surface area contributed by atoms with Crippen LogP contribution in [0.3, 0.4) is 0 Å². The maximum absolute atomic E-state index is 11.5. The minimum atomic E-state index is -0.341. The smallest absolute Gasteiger partial charge is 0.354 e. The SMILES string of the molecule is COC(=O)c1ccc(CN2CCNCC2c2nccn2C)[nH]1. The number of aromatic nitrogens is 3. The zero-order valence-corrected chi connectivity index (χ0v) is 12.9. The van der Waals surface area contributed by atoms with Gasteiger partial charge in [-0.1, -0.05) is 0 Å². The molecule has 7 nitrogen and oxygen atoms in total. The van der Waals surface area contributed by atoms with E-state index in [-0.39, 0.29) is 12.0 Å². The number of aromatic amines is 1. The number of nitrogens with one attached hydrogen (secondary N) is 2. The molecule has 118 valence electrons. The van der Waals surface area contributed by atoms with E-state index in [2.05, 4.69) is 24.8 Å². The summed E-state index contributed by atoms with van der Waals surface area (Å²) in [4.78, 5) is 21.5. The first kappa shape index (κ1) is 14.8. The van der Waals surface area contributed by atoms with Crippen molar-refractivity contribution in [2.75, 3.05) is 26.7 Å². The molecule has 0 spiro atoms. The lowest BCUT2D eigenvalue weighted by Crippen LogP contribution is -2.46. The third-order valence-corrected chi connectivity index (χ3v) is 4.04. The van der Waals surface area contributed by atoms with E-state index in [0.29, 0.717) is 5.69 Å². The summed E-state index contributed by atoms with van der Waals surface area (Å²) in [5.74, 6) is 0.708. The van der Waals surface area contributed by atoms with Crippen LogP contribution in [0.5, 0.6) is 0 Å². The van der Waals surface area contributed by atoms with Gasteiger partial charge in [0.2, 0.25) is 0 Å². The molecule has 3 heterocycles. The van der Waals surface area contributed by atoms with Crippen molar-refractivity contribution < 1.29 is 9.53 Å². The van der Waals surface area contributed by atoms with Gasteiger partial charge in [-0.25, -0.2) is 9.78 Å². The van der Waals surface area contributed by atoms with E-state index in [9.17, 15) is 4.79 Å². The third kappa shape index (κ3) is 2.90. The second-order valence-electron chi connectivity index (χ2n) is 5.48. The quantitative estimate of drug-likeness (QED) is 0.813. The molecule has 0 amide bonds. The fraction of sp³-hybridized carbons (Fsp3) is 0.467. The van der Waals surface area contributed by atoms with Gasteiger partial charge in [-0.15, -0.1) is 0 Å². The number of carbonyl (C=O) groups excluding carboxylic acids is 1. The summed E-state index contributed by atoms with van der Waals surface area (Å²) >= 11 is 0. The van der Waals surface area contributed by atoms with Crippen molar-refractivity contribution in [2.45, 2.75) is 12.6 Å². The molecule has 2 N–H and O–H groups in total. The number of esters is 1. The molecule has 0 bridgehead atoms. The number of hydrogen-bond acceptors (Lipinski definition) is 5. The Morgan fingerprint density at radius 3 is 3.09 bits per heavy atom. The Morgan fingerprint density at radius 1 is 1.50 bits per heavy atom. The lowest BCUT2D eigenvalue weighted by Gasteiger charge is -2.35. The van der Waals surface area contributed by atoms with E-state index >= 15 is 0 Å². The monoisotopic (exact) mass is 303 g/mol. The van der Waals surface area contributed by atoms with E-state index in [1.807, 2.05) is 25.5 Å². The van der Waals surface area contributed by atoms with Crippen LogP contribution in [0.2, 0.25) is 0 Å². The van der Waals surface area contributed by atoms with Gasteiger partial charge >= 0.3 is 5.97 Å². The Balaban J connectivity index is 1.76. The van der Waals surface area contributed by atoms with Gasteiger partial charge in [0.25, 0.3) is 0 Å². The van der Waals surface area contributed by atoms with Gasteiger partial charge in [-0.05, 0) is 12.1 Å². The van der Waals surface area contributed by atoms with Crippen molar-refractivity contribution >= 4 is 5.97 Å². The number of imidazole rings is 1. The predicted molar refractivity (Wildman–Crippen MR) is 81.4 cm³/mol. The lowest BCUT2D eigenvalue weighted by molar-refractivity contribution is 0.0594. The maximum atomic E-state index is 11.5. The maximum Gasteiger partial charge on any atom is 0.354 e. The normalized spacial score (nSPS) is 19.3. The fourth-order valence-corrected chi connectivity index (χ4v) is 2.87. The van der Waals surface area contributed by atoms with Crippen molar-refractivity contribution in [1.82, 2.24) is 24.8 Å². The van der Waals surface area contributed by atoms with Gasteiger partial charge in [-0.3, -0.25) is 4.90 Å². The number of H-pyrrole nitrogens is 1. The highest BCUT2D eigenvalue weighted by molar-refractivity contribution is 5.87. The Labute approximate surface area is 129 Å². The molecule has 22 heavy (non-hydrogen) atoms. The van der Waals surface area contributed by atoms with Crippen molar-refractivity contribution in [3.8, 4) is 0 Å². The molecular weight excluding hydrogens is 282 g/mol. The summed E-state index contributed by atoms with van der Waals surface area (Å²) in [7, 11) is 3.40. The molecule has 0 saturated carbocycles. The molecular formula is C15H21N5O2. The second-order valence-corrected chi connectivity index (χ2v) is 5.48. The Morgan fingerprint density at radius 2 is 2.36 bits per heavy atom. The number of carbonyl (C=O) groups is 1. The van der Waals surface area contributed by atoms with Crippen LogP contribution in [0, 0.1) is 0 Å². The topological polar surface area (TPSA) is 75.2 Å². The van der Waals surface area contributed by atoms with Gasteiger partial charge in [0, 0.05) is 51.3 Å². The molecule has 1 aliphatic heterocycles. The number of methoxy groups -OCH3 is 1. The molecule has 2 aromatic heterocycles. The van der Waals surface area contributed by atoms with Crippen molar-refractivity contribution in [2.24, 2.45) is 7.05 Å². The summed E-state index contributed by atoms with van der Waals surface area (Å²) in [5.41, 5.74) is 1.49. The minimum Gasteiger partial charge on any atom is -0.464 e. The van der Waals surface area contributed by atoms with Gasteiger partial charge < -0.3 is 19.6 Å². The molecule has 0 aromatic carbocycles. The molecule has 1 saturated heterocycles. The molecule has 1 unspecified atom stereocenters. The van der Waals surface area contributed by atoms with Crippen molar-refractivity contribution in [3.63, 3.8) is 0 Å². The lowest BCUT2D eigenvalue weighted by atomic mass is 10.1. The Kier molecular flexibility index (Phi) is 4.26. The highest BCUT2D eigenvalue weighted by Crippen LogP contribution is 2.22. The largest absolute Gasteiger partial charge is 0.464 e. The zero-order chi connectivity index (χ0) is 15.5. The minimum absolute atomic E-state index is 0.221. The van der Waals surface area contributed by atoms with E-state index in [4.69, 9.17) is 4.74 Å². The molecule has 0 aliphatic carbocycles. The average molecular weight is 303 g/mol. The molecule has 3 rings (SSSR count). The molecule has 1 fully saturated rings. The number of ether oxygens (including phenoxy) is 1. The number of hydrogen-bond donors (Lipinski definition) is 2. The van der Waals surface area contributed by atoms with Crippen LogP contribution in [-0.4, -0.2) is 52.1 Å². The van der Waals surface area contributed by atoms with Gasteiger partial charge in [0.15, 0.2) is 0 Å². The first-order valence-corrected chi connectivity index (χ1v) is 7.37. The summed E-state index contributed by atoms with van der Waals surface area (Å²) < 4.78 is 6.78. The van der Waals surface area contributed by atoms with Crippen LogP contribution in [-0.2, 0) is 18.3 Å². The molecule has 7 heteroatoms. The fourth-order valence-electron chi connectivity index (χ4n) is 2.87. The standard InChI is InChI=1S/C15H21N5O2/c1-19-7-6-17-14(19)13-9-16-5-8-20(13)10-11-3-4-12(18-11)15(21)22-2/h3-4,6-7,13,16,18H,5,8-10H2,1-2H3.